The second-order valence-electron chi connectivity index (χ2n) is 4.14. The van der Waals surface area contributed by atoms with Gasteiger partial charge in [0, 0.05) is 0 Å². The van der Waals surface area contributed by atoms with Crippen molar-refractivity contribution in [3.05, 3.63) is 12.7 Å². The van der Waals surface area contributed by atoms with Crippen molar-refractivity contribution in [2.45, 2.75) is 58.5 Å². The third kappa shape index (κ3) is 16.1. The molecule has 0 aromatic heterocycles. The molecular weight excluding hydrogens is 188 g/mol. The third-order valence-corrected chi connectivity index (χ3v) is 2.09. The SMILES string of the molecule is C=CCCCCCCC1CO1.CC(C)=O. The van der Waals surface area contributed by atoms with Crippen molar-refractivity contribution in [3.8, 4) is 0 Å². The second kappa shape index (κ2) is 9.91. The Hall–Kier alpha value is -0.630. The summed E-state index contributed by atoms with van der Waals surface area (Å²) in [7, 11) is 0. The van der Waals surface area contributed by atoms with Gasteiger partial charge in [-0.05, 0) is 33.1 Å². The van der Waals surface area contributed by atoms with Gasteiger partial charge in [-0.1, -0.05) is 25.3 Å². The molecule has 1 heterocycles. The Labute approximate surface area is 93.7 Å². The second-order valence-corrected chi connectivity index (χ2v) is 4.14. The number of carbonyl (C=O) groups is 1. The lowest BCUT2D eigenvalue weighted by Crippen LogP contribution is -1.85. The average Bonchev–Trinajstić information content (AvgIpc) is 2.94. The fourth-order valence-corrected chi connectivity index (χ4v) is 1.25. The van der Waals surface area contributed by atoms with E-state index in [1.165, 1.54) is 52.4 Å². The van der Waals surface area contributed by atoms with E-state index in [1.54, 1.807) is 0 Å². The maximum Gasteiger partial charge on any atom is 0.126 e. The van der Waals surface area contributed by atoms with Crippen LogP contribution in [0.25, 0.3) is 0 Å². The zero-order chi connectivity index (χ0) is 11.5. The van der Waals surface area contributed by atoms with E-state index < -0.39 is 0 Å². The normalized spacial score (nSPS) is 17.6. The van der Waals surface area contributed by atoms with Crippen LogP contribution in [0.2, 0.25) is 0 Å². The molecule has 1 fully saturated rings. The highest BCUT2D eigenvalue weighted by Crippen LogP contribution is 2.17. The predicted octanol–water partition coefficient (Wildman–Crippen LogP) is 3.51. The molecular formula is C13H24O2. The van der Waals surface area contributed by atoms with E-state index in [0.717, 1.165) is 6.61 Å². The number of carbonyl (C=O) groups excluding carboxylic acids is 1. The Kier molecular flexibility index (Phi) is 9.49. The lowest BCUT2D eigenvalue weighted by molar-refractivity contribution is -0.114. The van der Waals surface area contributed by atoms with Crippen molar-refractivity contribution < 1.29 is 9.53 Å². The maximum absolute atomic E-state index is 9.44. The first-order valence-corrected chi connectivity index (χ1v) is 5.86. The number of allylic oxidation sites excluding steroid dienone is 1. The molecule has 0 aromatic rings. The summed E-state index contributed by atoms with van der Waals surface area (Å²) in [6.45, 7) is 7.77. The lowest BCUT2D eigenvalue weighted by atomic mass is 10.1. The van der Waals surface area contributed by atoms with Crippen molar-refractivity contribution in [2.75, 3.05) is 6.61 Å². The summed E-state index contributed by atoms with van der Waals surface area (Å²) in [5, 5.41) is 0. The molecule has 2 heteroatoms. The zero-order valence-electron chi connectivity index (χ0n) is 10.1. The topological polar surface area (TPSA) is 29.6 Å². The Balaban J connectivity index is 0.000000423. The summed E-state index contributed by atoms with van der Waals surface area (Å²) in [6, 6.07) is 0. The van der Waals surface area contributed by atoms with Gasteiger partial charge in [-0.2, -0.15) is 0 Å². The number of unbranched alkanes of at least 4 members (excludes halogenated alkanes) is 4. The van der Waals surface area contributed by atoms with Gasteiger partial charge in [-0.25, -0.2) is 0 Å². The van der Waals surface area contributed by atoms with E-state index in [0.29, 0.717) is 6.10 Å². The van der Waals surface area contributed by atoms with E-state index >= 15 is 0 Å². The minimum absolute atomic E-state index is 0.167. The largest absolute Gasteiger partial charge is 0.373 e. The molecule has 1 aliphatic rings. The highest BCUT2D eigenvalue weighted by Gasteiger charge is 2.20. The van der Waals surface area contributed by atoms with Crippen LogP contribution in [0.4, 0.5) is 0 Å². The number of Topliss-reactive ketones (excluding diaryl/α,β-unsaturated/α-hetero) is 1. The van der Waals surface area contributed by atoms with E-state index in [2.05, 4.69) is 6.58 Å². The van der Waals surface area contributed by atoms with Crippen LogP contribution < -0.4 is 0 Å². The van der Waals surface area contributed by atoms with E-state index in [-0.39, 0.29) is 5.78 Å². The molecule has 1 atom stereocenters. The Morgan fingerprint density at radius 3 is 2.33 bits per heavy atom. The van der Waals surface area contributed by atoms with Crippen LogP contribution in [-0.2, 0) is 9.53 Å². The molecule has 1 saturated heterocycles. The van der Waals surface area contributed by atoms with Gasteiger partial charge < -0.3 is 9.53 Å². The first-order valence-electron chi connectivity index (χ1n) is 5.86. The van der Waals surface area contributed by atoms with Gasteiger partial charge in [0.05, 0.1) is 12.7 Å². The number of hydrogen-bond acceptors (Lipinski definition) is 2. The van der Waals surface area contributed by atoms with Crippen LogP contribution in [0.1, 0.15) is 52.4 Å². The lowest BCUT2D eigenvalue weighted by Gasteiger charge is -1.96. The highest BCUT2D eigenvalue weighted by molar-refractivity contribution is 5.72. The molecule has 0 radical (unpaired) electrons. The predicted molar refractivity (Wildman–Crippen MR) is 64.0 cm³/mol. The molecule has 15 heavy (non-hydrogen) atoms. The number of epoxide rings is 1. The van der Waals surface area contributed by atoms with Crippen molar-refractivity contribution in [1.29, 1.82) is 0 Å². The van der Waals surface area contributed by atoms with Gasteiger partial charge in [-0.3, -0.25) is 0 Å². The van der Waals surface area contributed by atoms with Gasteiger partial charge >= 0.3 is 0 Å². The zero-order valence-corrected chi connectivity index (χ0v) is 10.1. The van der Waals surface area contributed by atoms with E-state index in [1.807, 2.05) is 6.08 Å². The standard InChI is InChI=1S/C10H18O.C3H6O/c1-2-3-4-5-6-7-8-10-9-11-10;1-3(2)4/h2,10H,1,3-9H2;1-2H3. The molecule has 0 aromatic carbocycles. The summed E-state index contributed by atoms with van der Waals surface area (Å²) in [6.07, 6.45) is 10.5. The van der Waals surface area contributed by atoms with Gasteiger partial charge in [0.15, 0.2) is 0 Å². The summed E-state index contributed by atoms with van der Waals surface area (Å²) in [4.78, 5) is 9.44. The molecule has 1 unspecified atom stereocenters. The van der Waals surface area contributed by atoms with E-state index in [4.69, 9.17) is 4.74 Å². The van der Waals surface area contributed by atoms with Crippen LogP contribution in [0.3, 0.4) is 0 Å². The monoisotopic (exact) mass is 212 g/mol. The molecule has 0 bridgehead atoms. The van der Waals surface area contributed by atoms with Crippen LogP contribution in [0.5, 0.6) is 0 Å². The fraction of sp³-hybridized carbons (Fsp3) is 0.769. The fourth-order valence-electron chi connectivity index (χ4n) is 1.25. The Morgan fingerprint density at radius 2 is 1.87 bits per heavy atom. The first-order chi connectivity index (χ1) is 7.16. The van der Waals surface area contributed by atoms with Crippen molar-refractivity contribution in [1.82, 2.24) is 0 Å². The smallest absolute Gasteiger partial charge is 0.126 e. The Bertz CT molecular complexity index is 167. The number of ketones is 1. The first kappa shape index (κ1) is 14.4. The highest BCUT2D eigenvalue weighted by atomic mass is 16.6. The van der Waals surface area contributed by atoms with Crippen molar-refractivity contribution >= 4 is 5.78 Å². The van der Waals surface area contributed by atoms with Gasteiger partial charge in [0.2, 0.25) is 0 Å². The minimum Gasteiger partial charge on any atom is -0.373 e. The van der Waals surface area contributed by atoms with Crippen LogP contribution in [-0.4, -0.2) is 18.5 Å². The maximum atomic E-state index is 9.44. The molecule has 1 rings (SSSR count). The van der Waals surface area contributed by atoms with Crippen LogP contribution in [0.15, 0.2) is 12.7 Å². The van der Waals surface area contributed by atoms with Crippen molar-refractivity contribution in [2.24, 2.45) is 0 Å². The molecule has 0 aliphatic carbocycles. The molecule has 0 amide bonds. The van der Waals surface area contributed by atoms with E-state index in [9.17, 15) is 4.79 Å². The summed E-state index contributed by atoms with van der Waals surface area (Å²) < 4.78 is 5.12. The van der Waals surface area contributed by atoms with Crippen LogP contribution >= 0.6 is 0 Å². The molecule has 1 aliphatic heterocycles. The van der Waals surface area contributed by atoms with Gasteiger partial charge in [0.1, 0.15) is 5.78 Å². The molecule has 0 N–H and O–H groups in total. The average molecular weight is 212 g/mol. The summed E-state index contributed by atoms with van der Waals surface area (Å²) in [5.41, 5.74) is 0. The quantitative estimate of drug-likeness (QED) is 0.367. The molecule has 2 nitrogen and oxygen atoms in total. The number of rotatable bonds is 7. The number of hydrogen-bond donors (Lipinski definition) is 0. The minimum atomic E-state index is 0.167. The van der Waals surface area contributed by atoms with Crippen LogP contribution in [0, 0.1) is 0 Å². The van der Waals surface area contributed by atoms with Gasteiger partial charge in [0.25, 0.3) is 0 Å². The third-order valence-electron chi connectivity index (χ3n) is 2.09. The van der Waals surface area contributed by atoms with Crippen molar-refractivity contribution in [3.63, 3.8) is 0 Å². The molecule has 0 saturated carbocycles. The molecule has 88 valence electrons. The number of ether oxygens (including phenoxy) is 1. The summed E-state index contributed by atoms with van der Waals surface area (Å²) in [5.74, 6) is 0.167. The summed E-state index contributed by atoms with van der Waals surface area (Å²) >= 11 is 0. The van der Waals surface area contributed by atoms with Gasteiger partial charge in [-0.15, -0.1) is 6.58 Å². The Morgan fingerprint density at radius 1 is 1.33 bits per heavy atom. The molecule has 0 spiro atoms.